The molecule has 6 heteroatoms. The lowest BCUT2D eigenvalue weighted by Gasteiger charge is -2.28. The normalized spacial score (nSPS) is 13.3. The van der Waals surface area contributed by atoms with Crippen molar-refractivity contribution in [3.63, 3.8) is 0 Å². The van der Waals surface area contributed by atoms with Crippen LogP contribution in [0, 0.1) is 5.92 Å². The van der Waals surface area contributed by atoms with E-state index in [9.17, 15) is 9.59 Å². The van der Waals surface area contributed by atoms with Gasteiger partial charge in [-0.2, -0.15) is 0 Å². The third-order valence-electron chi connectivity index (χ3n) is 7.14. The Morgan fingerprint density at radius 2 is 1.33 bits per heavy atom. The van der Waals surface area contributed by atoms with Crippen LogP contribution in [0.15, 0.2) is 78.9 Å². The molecular formula is C37H51N3O3. The van der Waals surface area contributed by atoms with E-state index in [1.54, 1.807) is 0 Å². The zero-order chi connectivity index (χ0) is 31.6. The Hall–Kier alpha value is -3.64. The monoisotopic (exact) mass is 585 g/mol. The maximum absolute atomic E-state index is 13.7. The molecule has 0 saturated carbocycles. The summed E-state index contributed by atoms with van der Waals surface area (Å²) in [5.74, 6) is 0.684. The predicted molar refractivity (Wildman–Crippen MR) is 176 cm³/mol. The van der Waals surface area contributed by atoms with Crippen molar-refractivity contribution in [2.45, 2.75) is 104 Å². The van der Waals surface area contributed by atoms with Crippen LogP contribution in [0.3, 0.4) is 0 Å². The zero-order valence-corrected chi connectivity index (χ0v) is 27.3. The molecule has 0 spiro atoms. The summed E-state index contributed by atoms with van der Waals surface area (Å²) in [5, 5.41) is 9.58. The maximum Gasteiger partial charge on any atom is 0.243 e. The van der Waals surface area contributed by atoms with Crippen molar-refractivity contribution in [2.24, 2.45) is 5.92 Å². The van der Waals surface area contributed by atoms with Gasteiger partial charge in [0.05, 0.1) is 6.04 Å². The van der Waals surface area contributed by atoms with E-state index in [0.717, 1.165) is 22.4 Å². The first-order chi connectivity index (χ1) is 20.2. The number of carbonyl (C=O) groups is 2. The van der Waals surface area contributed by atoms with Gasteiger partial charge in [0.15, 0.2) is 0 Å². The van der Waals surface area contributed by atoms with E-state index < -0.39 is 17.6 Å². The molecule has 0 unspecified atom stereocenters. The highest BCUT2D eigenvalue weighted by molar-refractivity contribution is 5.90. The SMILES string of the molecule is CC(C)C[C@H](NCc1ccc(C(C)(C)C)cc1)C(=O)N[C@H](Cc1ccc(OCc2ccccc2)cc1)C(=O)NC(C)(C)C. The molecule has 0 heterocycles. The summed E-state index contributed by atoms with van der Waals surface area (Å²) in [6.07, 6.45) is 1.03. The van der Waals surface area contributed by atoms with Crippen molar-refractivity contribution in [3.05, 3.63) is 101 Å². The highest BCUT2D eigenvalue weighted by Crippen LogP contribution is 2.22. The summed E-state index contributed by atoms with van der Waals surface area (Å²) in [6.45, 7) is 17.7. The smallest absolute Gasteiger partial charge is 0.243 e. The van der Waals surface area contributed by atoms with E-state index in [2.05, 4.69) is 74.8 Å². The van der Waals surface area contributed by atoms with Crippen molar-refractivity contribution < 1.29 is 14.3 Å². The van der Waals surface area contributed by atoms with Gasteiger partial charge in [0, 0.05) is 18.5 Å². The van der Waals surface area contributed by atoms with Crippen molar-refractivity contribution in [1.82, 2.24) is 16.0 Å². The Morgan fingerprint density at radius 1 is 0.721 bits per heavy atom. The van der Waals surface area contributed by atoms with Gasteiger partial charge in [-0.15, -0.1) is 0 Å². The van der Waals surface area contributed by atoms with Gasteiger partial charge in [-0.1, -0.05) is 101 Å². The Balaban J connectivity index is 1.70. The minimum Gasteiger partial charge on any atom is -0.489 e. The van der Waals surface area contributed by atoms with Crippen LogP contribution >= 0.6 is 0 Å². The number of hydrogen-bond acceptors (Lipinski definition) is 4. The van der Waals surface area contributed by atoms with Gasteiger partial charge in [0.25, 0.3) is 0 Å². The summed E-state index contributed by atoms with van der Waals surface area (Å²) in [5.41, 5.74) is 4.09. The van der Waals surface area contributed by atoms with Crippen molar-refractivity contribution in [1.29, 1.82) is 0 Å². The fourth-order valence-corrected chi connectivity index (χ4v) is 4.75. The fraction of sp³-hybridized carbons (Fsp3) is 0.459. The average Bonchev–Trinajstić information content (AvgIpc) is 2.93. The molecule has 0 bridgehead atoms. The largest absolute Gasteiger partial charge is 0.489 e. The van der Waals surface area contributed by atoms with Crippen LogP contribution < -0.4 is 20.7 Å². The summed E-state index contributed by atoms with van der Waals surface area (Å²) < 4.78 is 5.93. The van der Waals surface area contributed by atoms with Crippen LogP contribution in [-0.4, -0.2) is 29.4 Å². The Morgan fingerprint density at radius 3 is 1.88 bits per heavy atom. The molecule has 0 aliphatic rings. The van der Waals surface area contributed by atoms with Crippen LogP contribution in [0.5, 0.6) is 5.75 Å². The summed E-state index contributed by atoms with van der Waals surface area (Å²) in [7, 11) is 0. The third kappa shape index (κ3) is 11.9. The molecule has 2 atom stereocenters. The number of rotatable bonds is 13. The third-order valence-corrected chi connectivity index (χ3v) is 7.14. The lowest BCUT2D eigenvalue weighted by Crippen LogP contribution is -2.56. The lowest BCUT2D eigenvalue weighted by molar-refractivity contribution is -0.131. The van der Waals surface area contributed by atoms with Gasteiger partial charge in [-0.05, 0) is 72.9 Å². The molecule has 0 radical (unpaired) electrons. The molecular weight excluding hydrogens is 534 g/mol. The van der Waals surface area contributed by atoms with Crippen LogP contribution in [0.1, 0.15) is 84.1 Å². The fourth-order valence-electron chi connectivity index (χ4n) is 4.75. The average molecular weight is 586 g/mol. The van der Waals surface area contributed by atoms with Gasteiger partial charge < -0.3 is 20.7 Å². The molecule has 3 rings (SSSR count). The van der Waals surface area contributed by atoms with Gasteiger partial charge in [0.1, 0.15) is 18.4 Å². The van der Waals surface area contributed by atoms with E-state index in [0.29, 0.717) is 31.9 Å². The lowest BCUT2D eigenvalue weighted by atomic mass is 9.87. The highest BCUT2D eigenvalue weighted by atomic mass is 16.5. The number of carbonyl (C=O) groups excluding carboxylic acids is 2. The molecule has 0 saturated heterocycles. The quantitative estimate of drug-likeness (QED) is 0.208. The molecule has 0 aliphatic carbocycles. The minimum atomic E-state index is -0.717. The van der Waals surface area contributed by atoms with E-state index in [1.807, 2.05) is 75.4 Å². The Kier molecular flexibility index (Phi) is 12.0. The van der Waals surface area contributed by atoms with Gasteiger partial charge in [-0.25, -0.2) is 0 Å². The molecule has 2 amide bonds. The van der Waals surface area contributed by atoms with Crippen molar-refractivity contribution in [3.8, 4) is 5.75 Å². The first kappa shape index (κ1) is 33.9. The topological polar surface area (TPSA) is 79.5 Å². The number of hydrogen-bond donors (Lipinski definition) is 3. The molecule has 3 aromatic rings. The predicted octanol–water partition coefficient (Wildman–Crippen LogP) is 6.71. The number of nitrogens with one attached hydrogen (secondary N) is 3. The van der Waals surface area contributed by atoms with Crippen molar-refractivity contribution in [2.75, 3.05) is 0 Å². The molecule has 6 nitrogen and oxygen atoms in total. The standard InChI is InChI=1S/C37H51N3O3/c1-26(2)22-32(38-24-28-14-18-30(19-15-28)36(3,4)5)34(41)39-33(35(42)40-37(6,7)8)23-27-16-20-31(21-17-27)43-25-29-12-10-9-11-13-29/h9-21,26,32-33,38H,22-25H2,1-8H3,(H,39,41)(H,40,42)/t32-,33+/m0/s1. The second kappa shape index (κ2) is 15.2. The minimum absolute atomic E-state index is 0.0875. The van der Waals surface area contributed by atoms with Gasteiger partial charge in [-0.3, -0.25) is 9.59 Å². The van der Waals surface area contributed by atoms with Crippen LogP contribution in [0.25, 0.3) is 0 Å². The molecule has 0 aromatic heterocycles. The molecule has 3 aromatic carbocycles. The molecule has 43 heavy (non-hydrogen) atoms. The molecule has 0 fully saturated rings. The second-order valence-corrected chi connectivity index (χ2v) is 13.9. The number of ether oxygens (including phenoxy) is 1. The van der Waals surface area contributed by atoms with Crippen LogP contribution in [0.2, 0.25) is 0 Å². The summed E-state index contributed by atoms with van der Waals surface area (Å²) in [4.78, 5) is 27.0. The van der Waals surface area contributed by atoms with Gasteiger partial charge in [0.2, 0.25) is 11.8 Å². The molecule has 0 aliphatic heterocycles. The van der Waals surface area contributed by atoms with Gasteiger partial charge >= 0.3 is 0 Å². The first-order valence-corrected chi connectivity index (χ1v) is 15.4. The molecule has 232 valence electrons. The van der Waals surface area contributed by atoms with E-state index in [1.165, 1.54) is 5.56 Å². The summed E-state index contributed by atoms with van der Waals surface area (Å²) >= 11 is 0. The van der Waals surface area contributed by atoms with Crippen LogP contribution in [0.4, 0.5) is 0 Å². The van der Waals surface area contributed by atoms with E-state index in [4.69, 9.17) is 4.74 Å². The highest BCUT2D eigenvalue weighted by Gasteiger charge is 2.28. The van der Waals surface area contributed by atoms with E-state index in [-0.39, 0.29) is 17.2 Å². The Bertz CT molecular complexity index is 1290. The van der Waals surface area contributed by atoms with Crippen molar-refractivity contribution >= 4 is 11.8 Å². The van der Waals surface area contributed by atoms with E-state index >= 15 is 0 Å². The zero-order valence-electron chi connectivity index (χ0n) is 27.3. The number of amides is 2. The molecule has 3 N–H and O–H groups in total. The first-order valence-electron chi connectivity index (χ1n) is 15.4. The maximum atomic E-state index is 13.7. The Labute approximate surface area is 259 Å². The second-order valence-electron chi connectivity index (χ2n) is 13.9. The summed E-state index contributed by atoms with van der Waals surface area (Å²) in [6, 6.07) is 25.1. The van der Waals surface area contributed by atoms with Crippen LogP contribution in [-0.2, 0) is 34.6 Å². The number of benzene rings is 3.